The van der Waals surface area contributed by atoms with Gasteiger partial charge in [-0.1, -0.05) is 24.3 Å². The molecular weight excluding hydrogens is 362 g/mol. The third kappa shape index (κ3) is 5.59. The molecule has 1 aliphatic rings. The van der Waals surface area contributed by atoms with Crippen molar-refractivity contribution in [3.05, 3.63) is 71.3 Å². The number of carbonyl (C=O) groups is 1. The van der Waals surface area contributed by atoms with E-state index in [-0.39, 0.29) is 24.1 Å². The van der Waals surface area contributed by atoms with Gasteiger partial charge in [-0.25, -0.2) is 8.78 Å². The number of rotatable bonds is 8. The zero-order valence-electron chi connectivity index (χ0n) is 15.9. The molecule has 0 atom stereocenters. The van der Waals surface area contributed by atoms with Gasteiger partial charge in [-0.3, -0.25) is 9.69 Å². The normalized spacial score (nSPS) is 15.8. The molecule has 6 heteroatoms. The maximum Gasteiger partial charge on any atom is 0.303 e. The number of hydrogen-bond acceptors (Lipinski definition) is 3. The Labute approximate surface area is 164 Å². The molecule has 1 aliphatic heterocycles. The van der Waals surface area contributed by atoms with Crippen LogP contribution < -0.4 is 0 Å². The summed E-state index contributed by atoms with van der Waals surface area (Å²) in [6.45, 7) is 4.38. The summed E-state index contributed by atoms with van der Waals surface area (Å²) in [6, 6.07) is 13.0. The summed E-state index contributed by atoms with van der Waals surface area (Å²) in [7, 11) is 0. The summed E-state index contributed by atoms with van der Waals surface area (Å²) >= 11 is 0. The van der Waals surface area contributed by atoms with Crippen LogP contribution >= 0.6 is 0 Å². The van der Waals surface area contributed by atoms with Crippen LogP contribution in [0.2, 0.25) is 0 Å². The van der Waals surface area contributed by atoms with E-state index in [0.717, 1.165) is 50.3 Å². The van der Waals surface area contributed by atoms with Crippen LogP contribution in [0.25, 0.3) is 0 Å². The van der Waals surface area contributed by atoms with Gasteiger partial charge in [0.15, 0.2) is 0 Å². The van der Waals surface area contributed by atoms with Crippen molar-refractivity contribution in [2.45, 2.75) is 25.3 Å². The molecule has 28 heavy (non-hydrogen) atoms. The molecule has 2 aromatic rings. The predicted octanol–water partition coefficient (Wildman–Crippen LogP) is 3.93. The van der Waals surface area contributed by atoms with E-state index in [4.69, 9.17) is 5.11 Å². The molecule has 150 valence electrons. The van der Waals surface area contributed by atoms with Crippen molar-refractivity contribution in [2.75, 3.05) is 32.7 Å². The predicted molar refractivity (Wildman–Crippen MR) is 104 cm³/mol. The molecule has 2 aromatic carbocycles. The molecule has 1 heterocycles. The topological polar surface area (TPSA) is 43.8 Å². The lowest BCUT2D eigenvalue weighted by atomic mass is 9.96. The van der Waals surface area contributed by atoms with E-state index in [1.165, 1.54) is 24.3 Å². The maximum atomic E-state index is 13.4. The van der Waals surface area contributed by atoms with Crippen LogP contribution in [0.1, 0.15) is 36.4 Å². The van der Waals surface area contributed by atoms with Crippen molar-refractivity contribution in [1.82, 2.24) is 9.80 Å². The Kier molecular flexibility index (Phi) is 7.12. The molecule has 0 unspecified atom stereocenters. The summed E-state index contributed by atoms with van der Waals surface area (Å²) in [4.78, 5) is 15.3. The summed E-state index contributed by atoms with van der Waals surface area (Å²) in [5.74, 6) is -1.29. The fraction of sp³-hybridized carbons (Fsp3) is 0.409. The van der Waals surface area contributed by atoms with Crippen molar-refractivity contribution >= 4 is 5.97 Å². The molecule has 0 aromatic heterocycles. The number of benzene rings is 2. The number of unbranched alkanes of at least 4 members (excludes halogenated alkanes) is 1. The van der Waals surface area contributed by atoms with Crippen LogP contribution in [0.5, 0.6) is 0 Å². The molecule has 0 aliphatic carbocycles. The molecule has 4 nitrogen and oxygen atoms in total. The number of carboxylic acids is 1. The Morgan fingerprint density at radius 1 is 0.857 bits per heavy atom. The van der Waals surface area contributed by atoms with Gasteiger partial charge in [-0.05, 0) is 54.8 Å². The fourth-order valence-electron chi connectivity index (χ4n) is 3.76. The van der Waals surface area contributed by atoms with Crippen LogP contribution in [0.15, 0.2) is 48.5 Å². The first-order chi connectivity index (χ1) is 13.5. The minimum absolute atomic E-state index is 0.0460. The number of carboxylic acid groups (broad SMARTS) is 1. The first-order valence-electron chi connectivity index (χ1n) is 9.72. The second kappa shape index (κ2) is 9.75. The lowest BCUT2D eigenvalue weighted by molar-refractivity contribution is -0.137. The van der Waals surface area contributed by atoms with Crippen molar-refractivity contribution in [3.8, 4) is 0 Å². The highest BCUT2D eigenvalue weighted by Gasteiger charge is 2.26. The average Bonchev–Trinajstić information content (AvgIpc) is 2.69. The van der Waals surface area contributed by atoms with Gasteiger partial charge in [0, 0.05) is 32.6 Å². The zero-order valence-corrected chi connectivity index (χ0v) is 15.9. The second-order valence-electron chi connectivity index (χ2n) is 7.23. The summed E-state index contributed by atoms with van der Waals surface area (Å²) in [6.07, 6.45) is 1.80. The van der Waals surface area contributed by atoms with Crippen LogP contribution in [-0.2, 0) is 4.79 Å². The highest BCUT2D eigenvalue weighted by atomic mass is 19.1. The van der Waals surface area contributed by atoms with Gasteiger partial charge in [0.05, 0.1) is 6.04 Å². The Hall–Kier alpha value is -2.31. The van der Waals surface area contributed by atoms with E-state index in [1.807, 2.05) is 0 Å². The Morgan fingerprint density at radius 2 is 1.36 bits per heavy atom. The van der Waals surface area contributed by atoms with E-state index < -0.39 is 5.97 Å². The van der Waals surface area contributed by atoms with Gasteiger partial charge in [0.1, 0.15) is 11.6 Å². The van der Waals surface area contributed by atoms with Gasteiger partial charge in [-0.15, -0.1) is 0 Å². The Morgan fingerprint density at radius 3 is 1.82 bits per heavy atom. The largest absolute Gasteiger partial charge is 0.481 e. The molecule has 0 spiro atoms. The summed E-state index contributed by atoms with van der Waals surface area (Å²) in [5, 5.41) is 8.73. The van der Waals surface area contributed by atoms with E-state index in [1.54, 1.807) is 24.3 Å². The molecule has 1 N–H and O–H groups in total. The van der Waals surface area contributed by atoms with Gasteiger partial charge in [0.2, 0.25) is 0 Å². The van der Waals surface area contributed by atoms with Gasteiger partial charge < -0.3 is 10.0 Å². The molecular formula is C22H26F2N2O2. The van der Waals surface area contributed by atoms with Crippen molar-refractivity contribution in [2.24, 2.45) is 0 Å². The molecule has 1 fully saturated rings. The van der Waals surface area contributed by atoms with Crippen LogP contribution in [0, 0.1) is 11.6 Å². The lowest BCUT2D eigenvalue weighted by Crippen LogP contribution is -2.48. The number of piperazine rings is 1. The summed E-state index contributed by atoms with van der Waals surface area (Å²) in [5.41, 5.74) is 1.98. The minimum atomic E-state index is -0.744. The second-order valence-corrected chi connectivity index (χ2v) is 7.23. The van der Waals surface area contributed by atoms with E-state index in [2.05, 4.69) is 9.80 Å². The third-order valence-corrected chi connectivity index (χ3v) is 5.26. The van der Waals surface area contributed by atoms with Gasteiger partial charge >= 0.3 is 5.97 Å². The molecule has 0 saturated carbocycles. The monoisotopic (exact) mass is 388 g/mol. The standard InChI is InChI=1S/C22H26F2N2O2/c23-19-8-4-17(5-9-19)22(18-6-10-20(24)11-7-18)26-15-13-25(14-16-26)12-2-1-3-21(27)28/h4-11,22H,1-3,12-16H2,(H,27,28). The molecule has 3 rings (SSSR count). The number of hydrogen-bond donors (Lipinski definition) is 1. The van der Waals surface area contributed by atoms with Crippen molar-refractivity contribution in [1.29, 1.82) is 0 Å². The maximum absolute atomic E-state index is 13.4. The van der Waals surface area contributed by atoms with Gasteiger partial charge in [-0.2, -0.15) is 0 Å². The molecule has 1 saturated heterocycles. The van der Waals surface area contributed by atoms with E-state index in [0.29, 0.717) is 6.42 Å². The first-order valence-corrected chi connectivity index (χ1v) is 9.72. The van der Waals surface area contributed by atoms with Crippen molar-refractivity contribution in [3.63, 3.8) is 0 Å². The van der Waals surface area contributed by atoms with E-state index in [9.17, 15) is 13.6 Å². The number of halogens is 2. The highest BCUT2D eigenvalue weighted by molar-refractivity contribution is 5.66. The van der Waals surface area contributed by atoms with Crippen LogP contribution in [0.3, 0.4) is 0 Å². The molecule has 0 amide bonds. The minimum Gasteiger partial charge on any atom is -0.481 e. The Bertz CT molecular complexity index is 712. The smallest absolute Gasteiger partial charge is 0.303 e. The SMILES string of the molecule is O=C(O)CCCCN1CCN(C(c2ccc(F)cc2)c2ccc(F)cc2)CC1. The number of aliphatic carboxylic acids is 1. The Balaban J connectivity index is 1.66. The fourth-order valence-corrected chi connectivity index (χ4v) is 3.76. The zero-order chi connectivity index (χ0) is 19.9. The molecule has 0 radical (unpaired) electrons. The van der Waals surface area contributed by atoms with Crippen molar-refractivity contribution < 1.29 is 18.7 Å². The first kappa shape index (κ1) is 20.4. The number of nitrogens with zero attached hydrogens (tertiary/aromatic N) is 2. The van der Waals surface area contributed by atoms with Crippen LogP contribution in [0.4, 0.5) is 8.78 Å². The third-order valence-electron chi connectivity index (χ3n) is 5.26. The highest BCUT2D eigenvalue weighted by Crippen LogP contribution is 2.30. The van der Waals surface area contributed by atoms with E-state index >= 15 is 0 Å². The lowest BCUT2D eigenvalue weighted by Gasteiger charge is -2.39. The quantitative estimate of drug-likeness (QED) is 0.696. The van der Waals surface area contributed by atoms with Gasteiger partial charge in [0.25, 0.3) is 0 Å². The van der Waals surface area contributed by atoms with Crippen LogP contribution in [-0.4, -0.2) is 53.6 Å². The molecule has 0 bridgehead atoms. The average molecular weight is 388 g/mol. The summed E-state index contributed by atoms with van der Waals surface area (Å²) < 4.78 is 26.8.